The fourth-order valence-electron chi connectivity index (χ4n) is 6.01. The van der Waals surface area contributed by atoms with Crippen LogP contribution in [0.5, 0.6) is 5.75 Å². The Morgan fingerprint density at radius 2 is 1.38 bits per heavy atom. The van der Waals surface area contributed by atoms with Gasteiger partial charge in [-0.3, -0.25) is 24.0 Å². The number of nitrogens with one attached hydrogen (secondary N) is 4. The van der Waals surface area contributed by atoms with Gasteiger partial charge in [-0.15, -0.1) is 0 Å². The van der Waals surface area contributed by atoms with Crippen molar-refractivity contribution in [2.24, 2.45) is 5.92 Å². The molecule has 11 N–H and O–H groups in total. The van der Waals surface area contributed by atoms with Crippen molar-refractivity contribution in [1.29, 1.82) is 0 Å². The van der Waals surface area contributed by atoms with Gasteiger partial charge in [0.2, 0.25) is 23.6 Å². The molecule has 0 spiro atoms. The maximum atomic E-state index is 13.8. The number of nitrogens with zero attached hydrogens (tertiary/aromatic N) is 2. The Balaban J connectivity index is 1.77. The highest BCUT2D eigenvalue weighted by Gasteiger charge is 2.49. The van der Waals surface area contributed by atoms with E-state index in [0.29, 0.717) is 0 Å². The summed E-state index contributed by atoms with van der Waals surface area (Å²) in [6, 6.07) is -3.70. The topological polar surface area (TPSA) is 291 Å². The van der Waals surface area contributed by atoms with E-state index in [1.807, 2.05) is 5.48 Å². The summed E-state index contributed by atoms with van der Waals surface area (Å²) in [5.41, 5.74) is 4.17. The number of phenols is 1. The van der Waals surface area contributed by atoms with Crippen LogP contribution in [0.4, 0.5) is 0 Å². The summed E-state index contributed by atoms with van der Waals surface area (Å²) in [5.74, 6) is -6.25. The molecule has 3 fully saturated rings. The lowest BCUT2D eigenvalue weighted by atomic mass is 9.96. The molecule has 0 saturated carbocycles. The van der Waals surface area contributed by atoms with Gasteiger partial charge in [0.25, 0.3) is 5.91 Å². The Morgan fingerprint density at radius 1 is 0.792 bits per heavy atom. The highest BCUT2D eigenvalue weighted by molar-refractivity contribution is 5.97. The van der Waals surface area contributed by atoms with E-state index in [2.05, 4.69) is 16.1 Å². The third-order valence-corrected chi connectivity index (χ3v) is 8.76. The van der Waals surface area contributed by atoms with E-state index in [1.54, 1.807) is 0 Å². The van der Waals surface area contributed by atoms with Crippen molar-refractivity contribution >= 4 is 29.5 Å². The predicted octanol–water partition coefficient (Wildman–Crippen LogP) is -5.38. The van der Waals surface area contributed by atoms with Crippen LogP contribution in [-0.2, 0) is 28.9 Å². The molecule has 266 valence electrons. The molecule has 3 heterocycles. The van der Waals surface area contributed by atoms with E-state index < -0.39 is 109 Å². The number of fused-ring (bicyclic) bond motifs is 2. The fourth-order valence-corrected chi connectivity index (χ4v) is 6.01. The Morgan fingerprint density at radius 3 is 1.98 bits per heavy atom. The monoisotopic (exact) mass is 682 g/mol. The van der Waals surface area contributed by atoms with Crippen molar-refractivity contribution in [3.05, 3.63) is 29.8 Å². The smallest absolute Gasteiger partial charge is 0.270 e. The van der Waals surface area contributed by atoms with E-state index in [9.17, 15) is 59.7 Å². The zero-order valence-corrected chi connectivity index (χ0v) is 26.3. The van der Waals surface area contributed by atoms with Crippen LogP contribution in [0.3, 0.4) is 0 Å². The number of hydroxylamine groups is 2. The lowest BCUT2D eigenvalue weighted by Gasteiger charge is -2.33. The van der Waals surface area contributed by atoms with Crippen LogP contribution < -0.4 is 21.6 Å². The molecular weight excluding hydrogens is 640 g/mol. The molecule has 5 amide bonds. The highest BCUT2D eigenvalue weighted by atomic mass is 16.8. The number of aliphatic hydroxyl groups excluding tert-OH is 6. The zero-order chi connectivity index (χ0) is 35.6. The average molecular weight is 683 g/mol. The lowest BCUT2D eigenvalue weighted by Crippen LogP contribution is -2.63. The van der Waals surface area contributed by atoms with Gasteiger partial charge >= 0.3 is 0 Å². The van der Waals surface area contributed by atoms with Crippen LogP contribution in [0.1, 0.15) is 38.9 Å². The number of rotatable bonds is 5. The molecule has 12 atom stereocenters. The number of hydrogen-bond donors (Lipinski definition) is 11. The van der Waals surface area contributed by atoms with Crippen molar-refractivity contribution in [1.82, 2.24) is 31.4 Å². The summed E-state index contributed by atoms with van der Waals surface area (Å²) in [6.45, 7) is 3.28. The van der Waals surface area contributed by atoms with E-state index >= 15 is 0 Å². The van der Waals surface area contributed by atoms with Gasteiger partial charge < -0.3 is 56.2 Å². The van der Waals surface area contributed by atoms with Gasteiger partial charge in [-0.05, 0) is 31.5 Å². The number of aromatic hydroxyl groups is 1. The minimum Gasteiger partial charge on any atom is -0.508 e. The van der Waals surface area contributed by atoms with Gasteiger partial charge in [-0.25, -0.2) is 5.48 Å². The average Bonchev–Trinajstić information content (AvgIpc) is 3.57. The number of hydrogen-bond acceptors (Lipinski definition) is 14. The second kappa shape index (κ2) is 15.1. The second-order valence-corrected chi connectivity index (χ2v) is 12.4. The predicted molar refractivity (Wildman–Crippen MR) is 159 cm³/mol. The normalized spacial score (nSPS) is 33.5. The molecular formula is C29H42N6O13. The highest BCUT2D eigenvalue weighted by Crippen LogP contribution is 2.27. The SMILES string of the molecule is C[C@@H](O)[C@@H]1NC(=O)[C@H]([C@H](O)[C@@H](O)c2ccc(O)cc2)NC(=O)[C@@H]2C[C@@H](O)CN2C(=O)[C@H]([C@@H](C)O)NONC(=O)[C@@H]2[C@@H](O)[C@@H](C)CN2C1=O. The maximum Gasteiger partial charge on any atom is 0.270 e. The summed E-state index contributed by atoms with van der Waals surface area (Å²) in [5, 5.41) is 78.6. The summed E-state index contributed by atoms with van der Waals surface area (Å²) in [6.07, 6.45) is -10.1. The van der Waals surface area contributed by atoms with Crippen molar-refractivity contribution in [3.63, 3.8) is 0 Å². The standard InChI is InChI=1S/C29H42N6O13/c1-11-9-35-21(22(11)40)27(45)33-48-32-19(13(3)37)29(47)34-10-16(39)8-17(34)25(43)31-20(26(44)30-18(12(2)36)28(35)46)24(42)23(41)14-4-6-15(38)7-5-14/h4-7,11-13,16-24,32,36-42H,8-10H2,1-3H3,(H,30,44)(H,31,43)(H,33,45)/t11-,12+,13+,16+,17-,18-,19-,20-,21-,22-,23-,24-/m0/s1. The van der Waals surface area contributed by atoms with Crippen LogP contribution in [0, 0.1) is 5.92 Å². The molecule has 19 nitrogen and oxygen atoms in total. The molecule has 3 saturated heterocycles. The third-order valence-electron chi connectivity index (χ3n) is 8.76. The van der Waals surface area contributed by atoms with Crippen LogP contribution >= 0.6 is 0 Å². The maximum absolute atomic E-state index is 13.8. The summed E-state index contributed by atoms with van der Waals surface area (Å²) in [7, 11) is 0. The minimum atomic E-state index is -2.13. The van der Waals surface area contributed by atoms with Gasteiger partial charge in [0.1, 0.15) is 48.2 Å². The molecule has 3 aliphatic rings. The molecule has 4 rings (SSSR count). The van der Waals surface area contributed by atoms with Crippen molar-refractivity contribution < 1.29 is 64.7 Å². The van der Waals surface area contributed by atoms with Crippen molar-refractivity contribution in [3.8, 4) is 5.75 Å². The Labute approximate surface area is 274 Å². The first-order chi connectivity index (χ1) is 22.5. The molecule has 3 aliphatic heterocycles. The van der Waals surface area contributed by atoms with E-state index in [4.69, 9.17) is 4.94 Å². The summed E-state index contributed by atoms with van der Waals surface area (Å²) < 4.78 is 0. The number of carbonyl (C=O) groups excluding carboxylic acids is 5. The summed E-state index contributed by atoms with van der Waals surface area (Å²) >= 11 is 0. The Hall–Kier alpha value is -3.95. The lowest BCUT2D eigenvalue weighted by molar-refractivity contribution is -0.163. The molecule has 0 aromatic heterocycles. The molecule has 48 heavy (non-hydrogen) atoms. The fraction of sp³-hybridized carbons (Fsp3) is 0.621. The van der Waals surface area contributed by atoms with Crippen molar-refractivity contribution in [2.45, 2.75) is 94.0 Å². The quantitative estimate of drug-likeness (QED) is 0.138. The van der Waals surface area contributed by atoms with Gasteiger partial charge in [0.15, 0.2) is 0 Å². The first kappa shape index (κ1) is 36.9. The van der Waals surface area contributed by atoms with E-state index in [1.165, 1.54) is 38.1 Å². The van der Waals surface area contributed by atoms with E-state index in [0.717, 1.165) is 16.7 Å². The van der Waals surface area contributed by atoms with Crippen LogP contribution in [0.2, 0.25) is 0 Å². The number of phenolic OH excluding ortho intramolecular Hbond substituents is 1. The van der Waals surface area contributed by atoms with Gasteiger partial charge in [0, 0.05) is 25.4 Å². The van der Waals surface area contributed by atoms with E-state index in [-0.39, 0.29) is 24.3 Å². The largest absolute Gasteiger partial charge is 0.508 e. The van der Waals surface area contributed by atoms with Crippen LogP contribution in [0.25, 0.3) is 0 Å². The molecule has 1 aromatic rings. The van der Waals surface area contributed by atoms with Crippen molar-refractivity contribution in [2.75, 3.05) is 13.1 Å². The number of aliphatic hydroxyl groups is 6. The molecule has 1 aromatic carbocycles. The van der Waals surface area contributed by atoms with Crippen LogP contribution in [0.15, 0.2) is 24.3 Å². The molecule has 19 heteroatoms. The summed E-state index contributed by atoms with van der Waals surface area (Å²) in [4.78, 5) is 74.7. The number of amides is 5. The van der Waals surface area contributed by atoms with Gasteiger partial charge in [0.05, 0.1) is 24.4 Å². The van der Waals surface area contributed by atoms with Gasteiger partial charge in [-0.2, -0.15) is 10.4 Å². The molecule has 0 bridgehead atoms. The number of benzene rings is 1. The molecule has 0 aliphatic carbocycles. The van der Waals surface area contributed by atoms with Crippen LogP contribution in [-0.4, -0.2) is 149 Å². The Bertz CT molecular complexity index is 1360. The molecule has 0 radical (unpaired) electrons. The van der Waals surface area contributed by atoms with Gasteiger partial charge in [-0.1, -0.05) is 19.1 Å². The first-order valence-corrected chi connectivity index (χ1v) is 15.3. The number of carbonyl (C=O) groups is 5. The second-order valence-electron chi connectivity index (χ2n) is 12.4. The third kappa shape index (κ3) is 7.68. The Kier molecular flexibility index (Phi) is 11.6. The minimum absolute atomic E-state index is 0.0155. The first-order valence-electron chi connectivity index (χ1n) is 15.3. The zero-order valence-electron chi connectivity index (χ0n) is 26.3. The molecule has 0 unspecified atom stereocenters.